The van der Waals surface area contributed by atoms with Crippen LogP contribution in [0.1, 0.15) is 6.92 Å². The second kappa shape index (κ2) is 7.47. The molecule has 2 N–H and O–H groups in total. The zero-order valence-corrected chi connectivity index (χ0v) is 12.8. The van der Waals surface area contributed by atoms with Gasteiger partial charge in [-0.1, -0.05) is 17.7 Å². The van der Waals surface area contributed by atoms with Gasteiger partial charge in [0.1, 0.15) is 5.75 Å². The first-order valence-electron chi connectivity index (χ1n) is 6.31. The van der Waals surface area contributed by atoms with E-state index in [1.54, 1.807) is 31.2 Å². The minimum Gasteiger partial charge on any atom is -0.484 e. The van der Waals surface area contributed by atoms with E-state index in [4.69, 9.17) is 16.3 Å². The number of ether oxygens (including phenoxy) is 1. The van der Waals surface area contributed by atoms with E-state index in [2.05, 4.69) is 5.32 Å². The van der Waals surface area contributed by atoms with Crippen molar-refractivity contribution in [3.63, 3.8) is 0 Å². The third-order valence-electron chi connectivity index (χ3n) is 2.49. The number of likely N-dealkylation sites (N-methyl/N-ethyl adjacent to an activating group) is 1. The Morgan fingerprint density at radius 2 is 2.20 bits per heavy atom. The highest BCUT2D eigenvalue weighted by molar-refractivity contribution is 6.30. The Morgan fingerprint density at radius 1 is 1.50 bits per heavy atom. The summed E-state index contributed by atoms with van der Waals surface area (Å²) < 4.78 is 5.31. The fourth-order valence-corrected chi connectivity index (χ4v) is 1.96. The highest BCUT2D eigenvalue weighted by Gasteiger charge is 2.22. The lowest BCUT2D eigenvalue weighted by molar-refractivity contribution is -0.124. The average molecular weight is 301 g/mol. The first kappa shape index (κ1) is 16.8. The van der Waals surface area contributed by atoms with E-state index in [1.165, 1.54) is 0 Å². The number of nitrogens with zero attached hydrogens (tertiary/aromatic N) is 1. The van der Waals surface area contributed by atoms with Crippen LogP contribution in [0.3, 0.4) is 0 Å². The predicted octanol–water partition coefficient (Wildman–Crippen LogP) is 1.15. The number of carbonyl (C=O) groups is 1. The van der Waals surface area contributed by atoms with Crippen molar-refractivity contribution in [3.8, 4) is 5.75 Å². The molecule has 1 atom stereocenters. The first-order chi connectivity index (χ1) is 9.28. The molecule has 0 aliphatic rings. The highest BCUT2D eigenvalue weighted by Crippen LogP contribution is 2.16. The Hall–Kier alpha value is -1.30. The van der Waals surface area contributed by atoms with Crippen LogP contribution in [0.15, 0.2) is 24.3 Å². The molecule has 0 spiro atoms. The van der Waals surface area contributed by atoms with Crippen LogP contribution in [0, 0.1) is 0 Å². The van der Waals surface area contributed by atoms with Crippen LogP contribution in [0.5, 0.6) is 5.75 Å². The van der Waals surface area contributed by atoms with Crippen molar-refractivity contribution in [2.24, 2.45) is 0 Å². The van der Waals surface area contributed by atoms with E-state index in [0.717, 1.165) is 0 Å². The number of hydrogen-bond donors (Lipinski definition) is 2. The molecule has 0 aliphatic heterocycles. The van der Waals surface area contributed by atoms with E-state index < -0.39 is 5.60 Å². The lowest BCUT2D eigenvalue weighted by Crippen LogP contribution is -2.47. The minimum absolute atomic E-state index is 0.113. The van der Waals surface area contributed by atoms with E-state index >= 15 is 0 Å². The largest absolute Gasteiger partial charge is 0.484 e. The number of benzene rings is 1. The first-order valence-corrected chi connectivity index (χ1v) is 6.68. The van der Waals surface area contributed by atoms with E-state index in [1.807, 2.05) is 19.0 Å². The van der Waals surface area contributed by atoms with Gasteiger partial charge < -0.3 is 20.1 Å². The number of aliphatic hydroxyl groups is 1. The average Bonchev–Trinajstić information content (AvgIpc) is 2.32. The number of rotatable bonds is 7. The van der Waals surface area contributed by atoms with Crippen molar-refractivity contribution >= 4 is 17.5 Å². The van der Waals surface area contributed by atoms with Gasteiger partial charge in [-0.25, -0.2) is 0 Å². The summed E-state index contributed by atoms with van der Waals surface area (Å²) in [6, 6.07) is 6.84. The summed E-state index contributed by atoms with van der Waals surface area (Å²) in [6.07, 6.45) is 0. The SMILES string of the molecule is CN(C)CC(C)(O)CNC(=O)COc1cccc(Cl)c1. The molecule has 1 unspecified atom stereocenters. The maximum absolute atomic E-state index is 11.6. The normalized spacial score (nSPS) is 13.9. The Morgan fingerprint density at radius 3 is 2.80 bits per heavy atom. The maximum Gasteiger partial charge on any atom is 0.258 e. The van der Waals surface area contributed by atoms with Gasteiger partial charge in [-0.15, -0.1) is 0 Å². The van der Waals surface area contributed by atoms with Crippen molar-refractivity contribution in [1.29, 1.82) is 0 Å². The molecule has 1 aromatic carbocycles. The van der Waals surface area contributed by atoms with E-state index in [-0.39, 0.29) is 19.1 Å². The van der Waals surface area contributed by atoms with Gasteiger partial charge in [-0.2, -0.15) is 0 Å². The maximum atomic E-state index is 11.6. The minimum atomic E-state index is -0.977. The molecule has 20 heavy (non-hydrogen) atoms. The number of halogens is 1. The van der Waals surface area contributed by atoms with Crippen molar-refractivity contribution in [2.75, 3.05) is 33.8 Å². The van der Waals surface area contributed by atoms with E-state index in [0.29, 0.717) is 17.3 Å². The second-order valence-corrected chi connectivity index (χ2v) is 5.69. The summed E-state index contributed by atoms with van der Waals surface area (Å²) in [5, 5.41) is 13.2. The van der Waals surface area contributed by atoms with Crippen molar-refractivity contribution in [1.82, 2.24) is 10.2 Å². The smallest absolute Gasteiger partial charge is 0.258 e. The number of nitrogens with one attached hydrogen (secondary N) is 1. The topological polar surface area (TPSA) is 61.8 Å². The number of amides is 1. The molecule has 1 aromatic rings. The Balaban J connectivity index is 2.34. The van der Waals surface area contributed by atoms with Crippen LogP contribution in [-0.4, -0.2) is 55.3 Å². The molecule has 112 valence electrons. The molecule has 0 saturated carbocycles. The van der Waals surface area contributed by atoms with Gasteiger partial charge in [0, 0.05) is 18.1 Å². The molecule has 0 bridgehead atoms. The second-order valence-electron chi connectivity index (χ2n) is 5.26. The molecular formula is C14H21ClN2O3. The number of hydrogen-bond acceptors (Lipinski definition) is 4. The van der Waals surface area contributed by atoms with Crippen molar-refractivity contribution in [3.05, 3.63) is 29.3 Å². The molecule has 0 aromatic heterocycles. The van der Waals surface area contributed by atoms with Crippen LogP contribution >= 0.6 is 11.6 Å². The van der Waals surface area contributed by atoms with Gasteiger partial charge in [0.2, 0.25) is 0 Å². The lowest BCUT2D eigenvalue weighted by Gasteiger charge is -2.27. The Labute approximate surface area is 124 Å². The standard InChI is InChI=1S/C14H21ClN2O3/c1-14(19,10-17(2)3)9-16-13(18)8-20-12-6-4-5-11(15)7-12/h4-7,19H,8-10H2,1-3H3,(H,16,18). The van der Waals surface area contributed by atoms with Gasteiger partial charge in [-0.05, 0) is 39.2 Å². The molecule has 0 radical (unpaired) electrons. The Kier molecular flexibility index (Phi) is 6.26. The molecule has 0 heterocycles. The molecule has 0 fully saturated rings. The molecule has 1 amide bonds. The van der Waals surface area contributed by atoms with Crippen LogP contribution < -0.4 is 10.1 Å². The van der Waals surface area contributed by atoms with Gasteiger partial charge in [-0.3, -0.25) is 4.79 Å². The Bertz CT molecular complexity index is 450. The summed E-state index contributed by atoms with van der Waals surface area (Å²) in [7, 11) is 3.72. The monoisotopic (exact) mass is 300 g/mol. The van der Waals surface area contributed by atoms with Crippen LogP contribution in [0.2, 0.25) is 5.02 Å². The summed E-state index contributed by atoms with van der Waals surface area (Å²) in [6.45, 7) is 2.19. The molecule has 1 rings (SSSR count). The van der Waals surface area contributed by atoms with Gasteiger partial charge in [0.25, 0.3) is 5.91 Å². The third kappa shape index (κ3) is 6.75. The predicted molar refractivity (Wildman–Crippen MR) is 79.1 cm³/mol. The van der Waals surface area contributed by atoms with Gasteiger partial charge >= 0.3 is 0 Å². The van der Waals surface area contributed by atoms with Gasteiger partial charge in [0.15, 0.2) is 6.61 Å². The molecule has 0 aliphatic carbocycles. The number of carbonyl (C=O) groups excluding carboxylic acids is 1. The summed E-state index contributed by atoms with van der Waals surface area (Å²) in [5.74, 6) is 0.247. The zero-order valence-electron chi connectivity index (χ0n) is 12.0. The van der Waals surface area contributed by atoms with Crippen molar-refractivity contribution < 1.29 is 14.6 Å². The summed E-state index contributed by atoms with van der Waals surface area (Å²) >= 11 is 5.81. The van der Waals surface area contributed by atoms with Crippen molar-refractivity contribution in [2.45, 2.75) is 12.5 Å². The lowest BCUT2D eigenvalue weighted by atomic mass is 10.1. The molecule has 0 saturated heterocycles. The fourth-order valence-electron chi connectivity index (χ4n) is 1.78. The summed E-state index contributed by atoms with van der Waals surface area (Å²) in [5.41, 5.74) is -0.977. The van der Waals surface area contributed by atoms with Crippen LogP contribution in [0.4, 0.5) is 0 Å². The summed E-state index contributed by atoms with van der Waals surface area (Å²) in [4.78, 5) is 13.5. The molecule has 6 heteroatoms. The fraction of sp³-hybridized carbons (Fsp3) is 0.500. The van der Waals surface area contributed by atoms with Crippen LogP contribution in [-0.2, 0) is 4.79 Å². The van der Waals surface area contributed by atoms with Gasteiger partial charge in [0.05, 0.1) is 5.60 Å². The molecule has 5 nitrogen and oxygen atoms in total. The third-order valence-corrected chi connectivity index (χ3v) is 2.72. The quantitative estimate of drug-likeness (QED) is 0.793. The highest BCUT2D eigenvalue weighted by atomic mass is 35.5. The van der Waals surface area contributed by atoms with Crippen LogP contribution in [0.25, 0.3) is 0 Å². The van der Waals surface area contributed by atoms with E-state index in [9.17, 15) is 9.90 Å². The zero-order chi connectivity index (χ0) is 15.2. The molecular weight excluding hydrogens is 280 g/mol.